The van der Waals surface area contributed by atoms with Crippen molar-refractivity contribution in [1.29, 1.82) is 0 Å². The first-order valence-corrected chi connectivity index (χ1v) is 15.0. The van der Waals surface area contributed by atoms with Crippen molar-refractivity contribution in [2.45, 2.75) is 25.1 Å². The number of likely N-dealkylation sites (N-methyl/N-ethyl adjacent to an activating group) is 1. The van der Waals surface area contributed by atoms with Gasteiger partial charge in [0.2, 0.25) is 5.88 Å². The number of ether oxygens (including phenoxy) is 4. The summed E-state index contributed by atoms with van der Waals surface area (Å²) >= 11 is 6.09. The summed E-state index contributed by atoms with van der Waals surface area (Å²) in [6.45, 7) is 8.28. The molecule has 4 rings (SSSR count). The van der Waals surface area contributed by atoms with Crippen LogP contribution in [0.4, 0.5) is 5.82 Å². The van der Waals surface area contributed by atoms with Crippen LogP contribution in [0.25, 0.3) is 0 Å². The van der Waals surface area contributed by atoms with Crippen molar-refractivity contribution in [3.63, 3.8) is 0 Å². The third kappa shape index (κ3) is 9.49. The molecule has 2 aliphatic heterocycles. The van der Waals surface area contributed by atoms with Crippen LogP contribution in [0.15, 0.2) is 30.3 Å². The van der Waals surface area contributed by atoms with Gasteiger partial charge in [-0.15, -0.1) is 0 Å². The summed E-state index contributed by atoms with van der Waals surface area (Å²) < 4.78 is 21.8. The quantitative estimate of drug-likeness (QED) is 0.318. The summed E-state index contributed by atoms with van der Waals surface area (Å²) in [4.78, 5) is 36.3. The number of hydrogen-bond donors (Lipinski definition) is 2. The summed E-state index contributed by atoms with van der Waals surface area (Å²) in [6, 6.07) is 8.90. The highest BCUT2D eigenvalue weighted by molar-refractivity contribution is 6.33. The van der Waals surface area contributed by atoms with E-state index < -0.39 is 0 Å². The molecule has 2 aliphatic rings. The van der Waals surface area contributed by atoms with Crippen LogP contribution in [-0.4, -0.2) is 131 Å². The Morgan fingerprint density at radius 3 is 2.58 bits per heavy atom. The zero-order chi connectivity index (χ0) is 30.8. The number of methoxy groups -OCH3 is 2. The average molecular weight is 619 g/mol. The van der Waals surface area contributed by atoms with E-state index in [0.717, 1.165) is 71.0 Å². The lowest BCUT2D eigenvalue weighted by Gasteiger charge is -2.38. The van der Waals surface area contributed by atoms with E-state index in [9.17, 15) is 9.59 Å². The summed E-state index contributed by atoms with van der Waals surface area (Å²) in [5, 5.41) is 3.25. The number of aromatic nitrogens is 1. The molecule has 1 amide bonds. The second kappa shape index (κ2) is 16.2. The van der Waals surface area contributed by atoms with Crippen molar-refractivity contribution >= 4 is 29.3 Å². The molecule has 43 heavy (non-hydrogen) atoms. The van der Waals surface area contributed by atoms with Crippen molar-refractivity contribution in [1.82, 2.24) is 25.0 Å². The molecular formula is C30H43ClN6O6. The number of nitrogens with zero attached hydrogens (tertiary/aromatic N) is 4. The van der Waals surface area contributed by atoms with E-state index in [-0.39, 0.29) is 46.3 Å². The Balaban J connectivity index is 1.19. The molecule has 3 N–H and O–H groups in total. The SMILES string of the molecule is COc1nc(N)c(Cl)cc1C(=O)N[C@@H]1CCN(CCN(C)Cc2ccc(C(=O)OCCN3CCOCC3)cc2)C[C@@H]1OC. The van der Waals surface area contributed by atoms with Crippen LogP contribution in [0.3, 0.4) is 0 Å². The second-order valence-electron chi connectivity index (χ2n) is 10.9. The standard InChI is InChI=1S/C30H43ClN6O6/c1-35(19-21-4-6-22(7-5-21)30(39)43-17-14-36-12-15-42-16-13-36)10-11-37-9-8-25(26(20-37)40-2)33-28(38)23-18-24(31)27(32)34-29(23)41-3/h4-7,18,25-26H,8-17,19-20H2,1-3H3,(H2,32,34)(H,33,38)/t25-,26+/m1/s1. The second-order valence-corrected chi connectivity index (χ2v) is 11.3. The van der Waals surface area contributed by atoms with Gasteiger partial charge < -0.3 is 34.9 Å². The predicted octanol–water partition coefficient (Wildman–Crippen LogP) is 1.77. The third-order valence-corrected chi connectivity index (χ3v) is 8.16. The maximum absolute atomic E-state index is 13.0. The minimum atomic E-state index is -0.334. The largest absolute Gasteiger partial charge is 0.480 e. The van der Waals surface area contributed by atoms with Gasteiger partial charge in [0.25, 0.3) is 5.91 Å². The lowest BCUT2D eigenvalue weighted by molar-refractivity contribution is 0.00439. The van der Waals surface area contributed by atoms with Gasteiger partial charge in [-0.05, 0) is 37.2 Å². The highest BCUT2D eigenvalue weighted by atomic mass is 35.5. The third-order valence-electron chi connectivity index (χ3n) is 7.85. The van der Waals surface area contributed by atoms with Gasteiger partial charge in [0.1, 0.15) is 18.0 Å². The van der Waals surface area contributed by atoms with Gasteiger partial charge in [-0.25, -0.2) is 4.79 Å². The molecule has 12 nitrogen and oxygen atoms in total. The van der Waals surface area contributed by atoms with E-state index in [1.165, 1.54) is 13.2 Å². The average Bonchev–Trinajstić information content (AvgIpc) is 3.02. The fourth-order valence-electron chi connectivity index (χ4n) is 5.26. The Hall–Kier alpha value is -3.00. The fourth-order valence-corrected chi connectivity index (χ4v) is 5.41. The van der Waals surface area contributed by atoms with Crippen molar-refractivity contribution in [2.75, 3.05) is 92.6 Å². The number of likely N-dealkylation sites (tertiary alicyclic amines) is 1. The number of pyridine rings is 1. The van der Waals surface area contributed by atoms with Gasteiger partial charge in [0.05, 0.1) is 43.1 Å². The summed E-state index contributed by atoms with van der Waals surface area (Å²) in [6.07, 6.45) is 0.559. The minimum Gasteiger partial charge on any atom is -0.480 e. The zero-order valence-corrected chi connectivity index (χ0v) is 26.0. The smallest absolute Gasteiger partial charge is 0.338 e. The Kier molecular flexibility index (Phi) is 12.4. The highest BCUT2D eigenvalue weighted by Crippen LogP contribution is 2.25. The molecule has 0 aliphatic carbocycles. The summed E-state index contributed by atoms with van der Waals surface area (Å²) in [7, 11) is 5.17. The molecule has 0 spiro atoms. The monoisotopic (exact) mass is 618 g/mol. The van der Waals surface area contributed by atoms with E-state index in [1.54, 1.807) is 7.11 Å². The van der Waals surface area contributed by atoms with Crippen molar-refractivity contribution in [3.8, 4) is 5.88 Å². The van der Waals surface area contributed by atoms with Crippen molar-refractivity contribution in [3.05, 3.63) is 52.0 Å². The number of anilines is 1. The molecule has 1 aromatic carbocycles. The molecule has 0 unspecified atom stereocenters. The zero-order valence-electron chi connectivity index (χ0n) is 25.2. The molecular weight excluding hydrogens is 576 g/mol. The topological polar surface area (TPSA) is 132 Å². The number of halogens is 1. The number of morpholine rings is 1. The maximum atomic E-state index is 13.0. The fraction of sp³-hybridized carbons (Fsp3) is 0.567. The molecule has 3 heterocycles. The Morgan fingerprint density at radius 2 is 1.88 bits per heavy atom. The molecule has 13 heteroatoms. The molecule has 2 fully saturated rings. The van der Waals surface area contributed by atoms with Gasteiger partial charge >= 0.3 is 5.97 Å². The highest BCUT2D eigenvalue weighted by Gasteiger charge is 2.31. The van der Waals surface area contributed by atoms with E-state index in [2.05, 4.69) is 32.0 Å². The van der Waals surface area contributed by atoms with Crippen LogP contribution >= 0.6 is 11.6 Å². The number of piperidine rings is 1. The maximum Gasteiger partial charge on any atom is 0.338 e. The predicted molar refractivity (Wildman–Crippen MR) is 164 cm³/mol. The number of benzene rings is 1. The van der Waals surface area contributed by atoms with Crippen molar-refractivity contribution in [2.24, 2.45) is 0 Å². The van der Waals surface area contributed by atoms with Crippen LogP contribution in [0.1, 0.15) is 32.7 Å². The summed E-state index contributed by atoms with van der Waals surface area (Å²) in [5.41, 5.74) is 7.66. The molecule has 0 bridgehead atoms. The van der Waals surface area contributed by atoms with Crippen LogP contribution in [0.5, 0.6) is 5.88 Å². The number of esters is 1. The Bertz CT molecular complexity index is 1210. The van der Waals surface area contributed by atoms with E-state index in [0.29, 0.717) is 18.7 Å². The molecule has 1 aromatic heterocycles. The first-order valence-electron chi connectivity index (χ1n) is 14.6. The van der Waals surface area contributed by atoms with Crippen LogP contribution < -0.4 is 15.8 Å². The van der Waals surface area contributed by atoms with Crippen LogP contribution in [0.2, 0.25) is 5.02 Å². The van der Waals surface area contributed by atoms with Crippen LogP contribution in [-0.2, 0) is 20.8 Å². The lowest BCUT2D eigenvalue weighted by atomic mass is 10.0. The molecule has 2 saturated heterocycles. The van der Waals surface area contributed by atoms with Gasteiger partial charge in [0.15, 0.2) is 0 Å². The number of nitrogens with one attached hydrogen (secondary N) is 1. The molecule has 0 radical (unpaired) electrons. The van der Waals surface area contributed by atoms with E-state index in [1.807, 2.05) is 24.3 Å². The minimum absolute atomic E-state index is 0.107. The molecule has 0 saturated carbocycles. The van der Waals surface area contributed by atoms with Gasteiger partial charge in [-0.1, -0.05) is 23.7 Å². The van der Waals surface area contributed by atoms with E-state index >= 15 is 0 Å². The molecule has 2 atom stereocenters. The first-order chi connectivity index (χ1) is 20.8. The summed E-state index contributed by atoms with van der Waals surface area (Å²) in [5.74, 6) is -0.398. The first kappa shape index (κ1) is 32.9. The molecule has 236 valence electrons. The van der Waals surface area contributed by atoms with Gasteiger partial charge in [-0.2, -0.15) is 4.98 Å². The molecule has 2 aromatic rings. The Labute approximate surface area is 258 Å². The number of rotatable bonds is 13. The number of carbonyl (C=O) groups is 2. The van der Waals surface area contributed by atoms with Crippen LogP contribution in [0, 0.1) is 0 Å². The number of hydrogen-bond acceptors (Lipinski definition) is 11. The Morgan fingerprint density at radius 1 is 1.14 bits per heavy atom. The normalized spacial score (nSPS) is 19.7. The number of nitrogen functional groups attached to an aromatic ring is 1. The number of carbonyl (C=O) groups excluding carboxylic acids is 2. The van der Waals surface area contributed by atoms with Gasteiger partial charge in [-0.3, -0.25) is 14.6 Å². The van der Waals surface area contributed by atoms with Crippen molar-refractivity contribution < 1.29 is 28.5 Å². The lowest BCUT2D eigenvalue weighted by Crippen LogP contribution is -2.55. The number of amides is 1. The van der Waals surface area contributed by atoms with E-state index in [4.69, 9.17) is 36.3 Å². The number of nitrogens with two attached hydrogens (primary N) is 1. The van der Waals surface area contributed by atoms with Gasteiger partial charge in [0, 0.05) is 59.5 Å².